The number of carbonyl (C=O) groups excluding carboxylic acids is 2. The Morgan fingerprint density at radius 1 is 1.00 bits per heavy atom. The van der Waals surface area contributed by atoms with Crippen LogP contribution in [0.5, 0.6) is 0 Å². The number of unbranched alkanes of at least 4 members (excludes halogenated alkanes) is 2. The average molecular weight is 480 g/mol. The first-order valence-electron chi connectivity index (χ1n) is 10.9. The highest BCUT2D eigenvalue weighted by atomic mass is 33.1. The van der Waals surface area contributed by atoms with Crippen LogP contribution in [0.25, 0.3) is 0 Å². The van der Waals surface area contributed by atoms with Crippen LogP contribution in [0.2, 0.25) is 0 Å². The van der Waals surface area contributed by atoms with Gasteiger partial charge >= 0.3 is 0 Å². The molecule has 5 nitrogen and oxygen atoms in total. The molecule has 3 N–H and O–H groups in total. The topological polar surface area (TPSA) is 75.4 Å². The van der Waals surface area contributed by atoms with E-state index in [2.05, 4.69) is 17.3 Å². The standard InChI is InChI=1S/C20H37N3O2S4/c1-23(15-18-14-17(28-29-18)7-2-4-8-19(21)24)12-11-22-20(25)9-5-3-6-16-10-13-26-27-16/h16-18H,2-15H2,1H3,(H2,21,24)(H,22,25). The van der Waals surface area contributed by atoms with Crippen LogP contribution in [0.4, 0.5) is 0 Å². The molecule has 2 rings (SSSR count). The molecule has 2 aliphatic rings. The Hall–Kier alpha value is 0.300. The first-order chi connectivity index (χ1) is 14.0. The van der Waals surface area contributed by atoms with Crippen LogP contribution in [0.1, 0.15) is 64.2 Å². The summed E-state index contributed by atoms with van der Waals surface area (Å²) in [6, 6.07) is 0. The predicted octanol–water partition coefficient (Wildman–Crippen LogP) is 4.32. The van der Waals surface area contributed by atoms with Gasteiger partial charge in [0.2, 0.25) is 11.8 Å². The maximum absolute atomic E-state index is 12.0. The summed E-state index contributed by atoms with van der Waals surface area (Å²) in [5, 5.41) is 5.26. The summed E-state index contributed by atoms with van der Waals surface area (Å²) in [4.78, 5) is 25.1. The van der Waals surface area contributed by atoms with E-state index >= 15 is 0 Å². The summed E-state index contributed by atoms with van der Waals surface area (Å²) in [5.41, 5.74) is 5.19. The van der Waals surface area contributed by atoms with Crippen LogP contribution in [0.3, 0.4) is 0 Å². The predicted molar refractivity (Wildman–Crippen MR) is 132 cm³/mol. The zero-order valence-electron chi connectivity index (χ0n) is 17.6. The number of likely N-dealkylation sites (N-methyl/N-ethyl adjacent to an activating group) is 1. The fraction of sp³-hybridized carbons (Fsp3) is 0.900. The van der Waals surface area contributed by atoms with Crippen LogP contribution < -0.4 is 11.1 Å². The second-order valence-electron chi connectivity index (χ2n) is 8.07. The minimum Gasteiger partial charge on any atom is -0.370 e. The summed E-state index contributed by atoms with van der Waals surface area (Å²) in [6.45, 7) is 2.72. The van der Waals surface area contributed by atoms with E-state index in [9.17, 15) is 9.59 Å². The lowest BCUT2D eigenvalue weighted by molar-refractivity contribution is -0.121. The molecule has 0 bridgehead atoms. The molecule has 2 amide bonds. The molecule has 3 unspecified atom stereocenters. The Morgan fingerprint density at radius 2 is 1.72 bits per heavy atom. The van der Waals surface area contributed by atoms with Crippen LogP contribution in [0, 0.1) is 0 Å². The molecule has 3 atom stereocenters. The lowest BCUT2D eigenvalue weighted by atomic mass is 10.1. The molecule has 0 saturated carbocycles. The van der Waals surface area contributed by atoms with E-state index < -0.39 is 0 Å². The van der Waals surface area contributed by atoms with Crippen molar-refractivity contribution < 1.29 is 9.59 Å². The van der Waals surface area contributed by atoms with Crippen molar-refractivity contribution in [3.63, 3.8) is 0 Å². The van der Waals surface area contributed by atoms with E-state index in [-0.39, 0.29) is 11.8 Å². The van der Waals surface area contributed by atoms with Crippen LogP contribution >= 0.6 is 43.2 Å². The number of nitrogens with one attached hydrogen (secondary N) is 1. The Bertz CT molecular complexity index is 492. The summed E-state index contributed by atoms with van der Waals surface area (Å²) in [7, 11) is 10.2. The molecule has 0 aromatic heterocycles. The lowest BCUT2D eigenvalue weighted by Crippen LogP contribution is -2.35. The number of nitrogens with two attached hydrogens (primary N) is 1. The molecule has 2 saturated heterocycles. The minimum atomic E-state index is -0.188. The molecule has 0 radical (unpaired) electrons. The van der Waals surface area contributed by atoms with E-state index in [1.807, 2.05) is 43.2 Å². The number of hydrogen-bond acceptors (Lipinski definition) is 7. The van der Waals surface area contributed by atoms with E-state index in [1.165, 1.54) is 37.9 Å². The van der Waals surface area contributed by atoms with Crippen LogP contribution in [-0.4, -0.2) is 64.9 Å². The number of rotatable bonds is 15. The molecule has 0 aliphatic carbocycles. The third kappa shape index (κ3) is 12.1. The number of nitrogens with zero attached hydrogens (tertiary/aromatic N) is 1. The van der Waals surface area contributed by atoms with Gasteiger partial charge in [-0.25, -0.2) is 0 Å². The smallest absolute Gasteiger partial charge is 0.220 e. The first kappa shape index (κ1) is 25.6. The molecule has 0 aromatic carbocycles. The maximum atomic E-state index is 12.0. The van der Waals surface area contributed by atoms with Crippen molar-refractivity contribution in [2.75, 3.05) is 32.4 Å². The van der Waals surface area contributed by atoms with Gasteiger partial charge in [-0.05, 0) is 45.6 Å². The first-order valence-corrected chi connectivity index (χ1v) is 15.5. The zero-order valence-corrected chi connectivity index (χ0v) is 20.9. The Kier molecular flexibility index (Phi) is 13.4. The minimum absolute atomic E-state index is 0.188. The third-order valence-corrected chi connectivity index (χ3v) is 11.7. The average Bonchev–Trinajstić information content (AvgIpc) is 3.34. The van der Waals surface area contributed by atoms with Crippen LogP contribution in [-0.2, 0) is 9.59 Å². The zero-order chi connectivity index (χ0) is 20.9. The van der Waals surface area contributed by atoms with Gasteiger partial charge in [-0.3, -0.25) is 9.59 Å². The number of hydrogen-bond donors (Lipinski definition) is 2. The molecular formula is C20H37N3O2S4. The number of amides is 2. The Balaban J connectivity index is 1.43. The van der Waals surface area contributed by atoms with Crippen molar-refractivity contribution in [3.05, 3.63) is 0 Å². The third-order valence-electron chi connectivity index (χ3n) is 5.29. The molecular weight excluding hydrogens is 443 g/mol. The van der Waals surface area contributed by atoms with Gasteiger partial charge in [-0.1, -0.05) is 56.0 Å². The normalized spacial score (nSPS) is 24.3. The van der Waals surface area contributed by atoms with Gasteiger partial charge in [-0.2, -0.15) is 0 Å². The van der Waals surface area contributed by atoms with Crippen molar-refractivity contribution in [2.45, 2.75) is 80.0 Å². The quantitative estimate of drug-likeness (QED) is 0.268. The lowest BCUT2D eigenvalue weighted by Gasteiger charge is -2.20. The SMILES string of the molecule is CN(CCNC(=O)CCCCC1CCSS1)CC1CC(CCCCC(N)=O)SS1. The fourth-order valence-electron chi connectivity index (χ4n) is 3.61. The maximum Gasteiger partial charge on any atom is 0.220 e. The van der Waals surface area contributed by atoms with Crippen molar-refractivity contribution in [3.8, 4) is 0 Å². The number of carbonyl (C=O) groups is 2. The van der Waals surface area contributed by atoms with Crippen LogP contribution in [0.15, 0.2) is 0 Å². The summed E-state index contributed by atoms with van der Waals surface area (Å²) in [6.07, 6.45) is 10.4. The summed E-state index contributed by atoms with van der Waals surface area (Å²) in [5.74, 6) is 1.31. The molecule has 168 valence electrons. The van der Waals surface area contributed by atoms with E-state index in [4.69, 9.17) is 5.73 Å². The van der Waals surface area contributed by atoms with E-state index in [1.54, 1.807) is 0 Å². The summed E-state index contributed by atoms with van der Waals surface area (Å²) >= 11 is 0. The highest BCUT2D eigenvalue weighted by molar-refractivity contribution is 8.77. The monoisotopic (exact) mass is 479 g/mol. The second kappa shape index (κ2) is 15.2. The highest BCUT2D eigenvalue weighted by Crippen LogP contribution is 2.45. The van der Waals surface area contributed by atoms with Gasteiger partial charge < -0.3 is 16.0 Å². The van der Waals surface area contributed by atoms with Crippen molar-refractivity contribution in [1.82, 2.24) is 10.2 Å². The number of primary amides is 1. The second-order valence-corrected chi connectivity index (χ2v) is 13.7. The molecule has 29 heavy (non-hydrogen) atoms. The molecule has 0 aromatic rings. The molecule has 0 spiro atoms. The van der Waals surface area contributed by atoms with Crippen molar-refractivity contribution >= 4 is 55.0 Å². The van der Waals surface area contributed by atoms with Gasteiger partial charge in [0.1, 0.15) is 0 Å². The largest absolute Gasteiger partial charge is 0.370 e. The van der Waals surface area contributed by atoms with Gasteiger partial charge in [0.05, 0.1) is 0 Å². The fourth-order valence-corrected chi connectivity index (χ4v) is 10.2. The van der Waals surface area contributed by atoms with Gasteiger partial charge in [0, 0.05) is 54.0 Å². The van der Waals surface area contributed by atoms with Gasteiger partial charge in [0.25, 0.3) is 0 Å². The Labute approximate surface area is 192 Å². The van der Waals surface area contributed by atoms with Gasteiger partial charge in [-0.15, -0.1) is 0 Å². The molecule has 2 aliphatic heterocycles. The van der Waals surface area contributed by atoms with Gasteiger partial charge in [0.15, 0.2) is 0 Å². The molecule has 2 fully saturated rings. The van der Waals surface area contributed by atoms with Crippen molar-refractivity contribution in [1.29, 1.82) is 0 Å². The van der Waals surface area contributed by atoms with E-state index in [0.29, 0.717) is 23.3 Å². The molecule has 2 heterocycles. The Morgan fingerprint density at radius 3 is 2.45 bits per heavy atom. The summed E-state index contributed by atoms with van der Waals surface area (Å²) < 4.78 is 0. The van der Waals surface area contributed by atoms with Crippen molar-refractivity contribution in [2.24, 2.45) is 5.73 Å². The van der Waals surface area contributed by atoms with E-state index in [0.717, 1.165) is 44.1 Å². The highest BCUT2D eigenvalue weighted by Gasteiger charge is 2.26. The molecule has 9 heteroatoms.